The smallest absolute Gasteiger partial charge is 0.336 e. The monoisotopic (exact) mass is 410 g/mol. The predicted octanol–water partition coefficient (Wildman–Crippen LogP) is 2.84. The molecule has 1 saturated heterocycles. The number of carbonyl (C=O) groups excluding carboxylic acids is 2. The molecule has 1 aromatic rings. The SMILES string of the molecule is CC1=C(N2CCC3(CCC(NCCc4ccc5c(c4)COC5)CC3)C2=O)COC1=O. The number of likely N-dealkylation sites (tertiary alicyclic amines) is 1. The molecule has 2 fully saturated rings. The van der Waals surface area contributed by atoms with Crippen molar-refractivity contribution in [1.29, 1.82) is 0 Å². The lowest BCUT2D eigenvalue weighted by atomic mass is 9.71. The van der Waals surface area contributed by atoms with Crippen LogP contribution in [0.4, 0.5) is 0 Å². The van der Waals surface area contributed by atoms with Gasteiger partial charge in [0.05, 0.1) is 29.9 Å². The summed E-state index contributed by atoms with van der Waals surface area (Å²) in [6.07, 6.45) is 5.83. The summed E-state index contributed by atoms with van der Waals surface area (Å²) in [5.41, 5.74) is 5.14. The standard InChI is InChI=1S/C24H30N2O4/c1-16-21(15-30-22(16)27)26-11-9-24(23(26)28)7-4-20(5-8-24)25-10-6-17-2-3-18-13-29-14-19(18)12-17/h2-3,12,20,25H,4-11,13-15H2,1H3. The van der Waals surface area contributed by atoms with Crippen LogP contribution >= 0.6 is 0 Å². The zero-order valence-electron chi connectivity index (χ0n) is 17.7. The van der Waals surface area contributed by atoms with E-state index in [1.807, 2.05) is 4.90 Å². The van der Waals surface area contributed by atoms with Crippen molar-refractivity contribution in [2.24, 2.45) is 5.41 Å². The molecule has 6 nitrogen and oxygen atoms in total. The van der Waals surface area contributed by atoms with E-state index in [2.05, 4.69) is 23.5 Å². The summed E-state index contributed by atoms with van der Waals surface area (Å²) in [4.78, 5) is 26.7. The molecule has 1 amide bonds. The fourth-order valence-corrected chi connectivity index (χ4v) is 5.47. The van der Waals surface area contributed by atoms with Crippen molar-refractivity contribution in [1.82, 2.24) is 10.2 Å². The second kappa shape index (κ2) is 7.82. The van der Waals surface area contributed by atoms with Crippen molar-refractivity contribution in [3.8, 4) is 0 Å². The van der Waals surface area contributed by atoms with Crippen LogP contribution in [0, 0.1) is 5.41 Å². The molecule has 30 heavy (non-hydrogen) atoms. The molecule has 160 valence electrons. The molecule has 4 aliphatic rings. The van der Waals surface area contributed by atoms with E-state index in [4.69, 9.17) is 9.47 Å². The van der Waals surface area contributed by atoms with Crippen molar-refractivity contribution in [3.05, 3.63) is 46.2 Å². The number of nitrogens with one attached hydrogen (secondary N) is 1. The van der Waals surface area contributed by atoms with Crippen LogP contribution in [-0.4, -0.2) is 42.5 Å². The highest BCUT2D eigenvalue weighted by Crippen LogP contribution is 2.46. The highest BCUT2D eigenvalue weighted by Gasteiger charge is 2.50. The Balaban J connectivity index is 1.12. The average molecular weight is 411 g/mol. The van der Waals surface area contributed by atoms with Crippen LogP contribution < -0.4 is 5.32 Å². The van der Waals surface area contributed by atoms with E-state index in [1.165, 1.54) is 16.7 Å². The number of benzene rings is 1. The van der Waals surface area contributed by atoms with Gasteiger partial charge in [0, 0.05) is 12.6 Å². The minimum atomic E-state index is -0.289. The Bertz CT molecular complexity index is 898. The minimum absolute atomic E-state index is 0.203. The molecular weight excluding hydrogens is 380 g/mol. The molecule has 1 aromatic carbocycles. The lowest BCUT2D eigenvalue weighted by Gasteiger charge is -2.36. The van der Waals surface area contributed by atoms with Crippen molar-refractivity contribution >= 4 is 11.9 Å². The van der Waals surface area contributed by atoms with Gasteiger partial charge >= 0.3 is 5.97 Å². The van der Waals surface area contributed by atoms with Gasteiger partial charge in [-0.3, -0.25) is 4.79 Å². The van der Waals surface area contributed by atoms with Crippen LogP contribution in [-0.2, 0) is 38.7 Å². The molecule has 1 spiro atoms. The van der Waals surface area contributed by atoms with E-state index in [0.717, 1.165) is 64.0 Å². The molecule has 0 bridgehead atoms. The van der Waals surface area contributed by atoms with Gasteiger partial charge in [-0.25, -0.2) is 4.79 Å². The highest BCUT2D eigenvalue weighted by molar-refractivity contribution is 5.94. The Kier molecular flexibility index (Phi) is 5.15. The average Bonchev–Trinajstić information content (AvgIpc) is 3.44. The molecule has 3 heterocycles. The maximum Gasteiger partial charge on any atom is 0.336 e. The van der Waals surface area contributed by atoms with Crippen molar-refractivity contribution in [2.75, 3.05) is 19.7 Å². The Hall–Kier alpha value is -2.18. The molecule has 1 N–H and O–H groups in total. The van der Waals surface area contributed by atoms with Crippen LogP contribution in [0.25, 0.3) is 0 Å². The Morgan fingerprint density at radius 3 is 2.67 bits per heavy atom. The molecule has 1 aliphatic carbocycles. The quantitative estimate of drug-likeness (QED) is 0.756. The van der Waals surface area contributed by atoms with E-state index in [9.17, 15) is 9.59 Å². The number of carbonyl (C=O) groups is 2. The number of esters is 1. The highest BCUT2D eigenvalue weighted by atomic mass is 16.5. The van der Waals surface area contributed by atoms with Gasteiger partial charge in [-0.1, -0.05) is 18.2 Å². The van der Waals surface area contributed by atoms with Crippen molar-refractivity contribution in [2.45, 2.75) is 64.7 Å². The predicted molar refractivity (Wildman–Crippen MR) is 111 cm³/mol. The number of hydrogen-bond donors (Lipinski definition) is 1. The van der Waals surface area contributed by atoms with Gasteiger partial charge in [-0.2, -0.15) is 0 Å². The summed E-state index contributed by atoms with van der Waals surface area (Å²) >= 11 is 0. The Morgan fingerprint density at radius 1 is 1.10 bits per heavy atom. The normalized spacial score (nSPS) is 28.6. The Morgan fingerprint density at radius 2 is 1.90 bits per heavy atom. The first-order valence-electron chi connectivity index (χ1n) is 11.2. The fourth-order valence-electron chi connectivity index (χ4n) is 5.47. The summed E-state index contributed by atoms with van der Waals surface area (Å²) in [5, 5.41) is 3.71. The van der Waals surface area contributed by atoms with Crippen LogP contribution in [0.3, 0.4) is 0 Å². The summed E-state index contributed by atoms with van der Waals surface area (Å²) < 4.78 is 10.6. The van der Waals surface area contributed by atoms with E-state index in [1.54, 1.807) is 6.92 Å². The Labute approximate surface area is 177 Å². The summed E-state index contributed by atoms with van der Waals surface area (Å²) in [6, 6.07) is 7.16. The van der Waals surface area contributed by atoms with Gasteiger partial charge in [0.2, 0.25) is 5.91 Å². The number of cyclic esters (lactones) is 1. The summed E-state index contributed by atoms with van der Waals surface area (Å²) in [5.74, 6) is -0.0866. The van der Waals surface area contributed by atoms with E-state index >= 15 is 0 Å². The second-order valence-corrected chi connectivity index (χ2v) is 9.21. The molecule has 0 atom stereocenters. The first-order valence-corrected chi connectivity index (χ1v) is 11.2. The van der Waals surface area contributed by atoms with E-state index < -0.39 is 0 Å². The van der Waals surface area contributed by atoms with Gasteiger partial charge in [-0.05, 0) is 68.7 Å². The molecule has 0 aromatic heterocycles. The number of hydrogen-bond acceptors (Lipinski definition) is 5. The minimum Gasteiger partial charge on any atom is -0.456 e. The zero-order chi connectivity index (χ0) is 20.7. The largest absolute Gasteiger partial charge is 0.456 e. The number of ether oxygens (including phenoxy) is 2. The topological polar surface area (TPSA) is 67.9 Å². The van der Waals surface area contributed by atoms with Gasteiger partial charge in [0.25, 0.3) is 0 Å². The molecule has 3 aliphatic heterocycles. The maximum absolute atomic E-state index is 13.2. The second-order valence-electron chi connectivity index (χ2n) is 9.21. The summed E-state index contributed by atoms with van der Waals surface area (Å²) in [7, 11) is 0. The van der Waals surface area contributed by atoms with Gasteiger partial charge in [0.1, 0.15) is 6.61 Å². The number of rotatable bonds is 5. The molecule has 1 saturated carbocycles. The third kappa shape index (κ3) is 3.46. The van der Waals surface area contributed by atoms with Gasteiger partial charge in [0.15, 0.2) is 0 Å². The van der Waals surface area contributed by atoms with Crippen molar-refractivity contribution in [3.63, 3.8) is 0 Å². The molecule has 0 radical (unpaired) electrons. The van der Waals surface area contributed by atoms with E-state index in [0.29, 0.717) is 18.2 Å². The zero-order valence-corrected chi connectivity index (χ0v) is 17.7. The lowest BCUT2D eigenvalue weighted by molar-refractivity contribution is -0.138. The first-order chi connectivity index (χ1) is 14.6. The van der Waals surface area contributed by atoms with Crippen LogP contribution in [0.1, 0.15) is 55.7 Å². The van der Waals surface area contributed by atoms with Crippen molar-refractivity contribution < 1.29 is 19.1 Å². The van der Waals surface area contributed by atoms with E-state index in [-0.39, 0.29) is 23.9 Å². The number of fused-ring (bicyclic) bond motifs is 1. The van der Waals surface area contributed by atoms with Gasteiger partial charge in [-0.15, -0.1) is 0 Å². The molecule has 5 rings (SSSR count). The van der Waals surface area contributed by atoms with Crippen LogP contribution in [0.2, 0.25) is 0 Å². The number of amides is 1. The molecule has 0 unspecified atom stereocenters. The lowest BCUT2D eigenvalue weighted by Crippen LogP contribution is -2.42. The van der Waals surface area contributed by atoms with Gasteiger partial charge < -0.3 is 19.7 Å². The molecular formula is C24H30N2O4. The maximum atomic E-state index is 13.2. The molecule has 6 heteroatoms. The summed E-state index contributed by atoms with van der Waals surface area (Å²) in [6.45, 7) is 5.16. The third-order valence-corrected chi connectivity index (χ3v) is 7.49. The van der Waals surface area contributed by atoms with Crippen LogP contribution in [0.5, 0.6) is 0 Å². The first kappa shape index (κ1) is 19.8. The third-order valence-electron chi connectivity index (χ3n) is 7.49. The fraction of sp³-hybridized carbons (Fsp3) is 0.583. The van der Waals surface area contributed by atoms with Crippen LogP contribution in [0.15, 0.2) is 29.5 Å². The number of nitrogens with zero attached hydrogens (tertiary/aromatic N) is 1.